The van der Waals surface area contributed by atoms with Crippen LogP contribution in [0.1, 0.15) is 35.2 Å². The van der Waals surface area contributed by atoms with E-state index in [9.17, 15) is 14.4 Å². The fourth-order valence-electron chi connectivity index (χ4n) is 3.01. The number of amides is 3. The van der Waals surface area contributed by atoms with E-state index in [0.29, 0.717) is 38.2 Å². The van der Waals surface area contributed by atoms with Gasteiger partial charge in [0, 0.05) is 45.2 Å². The second-order valence-electron chi connectivity index (χ2n) is 6.64. The van der Waals surface area contributed by atoms with Crippen LogP contribution in [0.4, 0.5) is 0 Å². The Bertz CT molecular complexity index is 630. The van der Waals surface area contributed by atoms with Crippen molar-refractivity contribution in [3.63, 3.8) is 0 Å². The third-order valence-corrected chi connectivity index (χ3v) is 4.41. The average Bonchev–Trinajstić information content (AvgIpc) is 3.03. The van der Waals surface area contributed by atoms with Crippen molar-refractivity contribution in [3.05, 3.63) is 35.4 Å². The smallest absolute Gasteiger partial charge is 0.251 e. The third-order valence-electron chi connectivity index (χ3n) is 4.41. The molecule has 1 aliphatic rings. The molecule has 1 heterocycles. The lowest BCUT2D eigenvalue weighted by atomic mass is 10.1. The van der Waals surface area contributed by atoms with Crippen molar-refractivity contribution in [2.45, 2.75) is 25.8 Å². The first-order valence-corrected chi connectivity index (χ1v) is 9.03. The molecule has 7 nitrogen and oxygen atoms in total. The molecule has 3 amide bonds. The number of benzene rings is 1. The van der Waals surface area contributed by atoms with Gasteiger partial charge in [0.1, 0.15) is 0 Å². The normalized spacial score (nSPS) is 14.0. The van der Waals surface area contributed by atoms with Gasteiger partial charge in [-0.2, -0.15) is 0 Å². The lowest BCUT2D eigenvalue weighted by molar-refractivity contribution is -0.127. The maximum atomic E-state index is 12.0. The van der Waals surface area contributed by atoms with Gasteiger partial charge >= 0.3 is 0 Å². The summed E-state index contributed by atoms with van der Waals surface area (Å²) < 4.78 is 0. The van der Waals surface area contributed by atoms with E-state index in [1.165, 1.54) is 0 Å². The topological polar surface area (TPSA) is 81.8 Å². The van der Waals surface area contributed by atoms with Gasteiger partial charge in [-0.15, -0.1) is 0 Å². The number of rotatable bonds is 9. The van der Waals surface area contributed by atoms with Crippen LogP contribution < -0.4 is 10.6 Å². The fourth-order valence-corrected chi connectivity index (χ4v) is 3.01. The molecule has 26 heavy (non-hydrogen) atoms. The first-order valence-electron chi connectivity index (χ1n) is 9.03. The summed E-state index contributed by atoms with van der Waals surface area (Å²) >= 11 is 0. The summed E-state index contributed by atoms with van der Waals surface area (Å²) in [6.07, 6.45) is 2.38. The number of carbonyl (C=O) groups is 3. The van der Waals surface area contributed by atoms with Crippen LogP contribution in [0.3, 0.4) is 0 Å². The van der Waals surface area contributed by atoms with E-state index in [1.54, 1.807) is 19.2 Å². The minimum atomic E-state index is -0.111. The largest absolute Gasteiger partial charge is 0.355 e. The molecule has 142 valence electrons. The number of hydrogen-bond acceptors (Lipinski definition) is 4. The third kappa shape index (κ3) is 6.15. The Balaban J connectivity index is 1.65. The van der Waals surface area contributed by atoms with Gasteiger partial charge in [0.25, 0.3) is 5.91 Å². The molecule has 0 spiro atoms. The SMILES string of the molecule is CNC(=O)c1ccc(CN(C)CC(=O)NCCCN2CCCC2=O)cc1. The highest BCUT2D eigenvalue weighted by Crippen LogP contribution is 2.09. The van der Waals surface area contributed by atoms with Gasteiger partial charge in [-0.1, -0.05) is 12.1 Å². The zero-order chi connectivity index (χ0) is 18.9. The van der Waals surface area contributed by atoms with Gasteiger partial charge in [0.05, 0.1) is 6.54 Å². The predicted octanol–water partition coefficient (Wildman–Crippen LogP) is 0.607. The summed E-state index contributed by atoms with van der Waals surface area (Å²) in [5.74, 6) is 0.0839. The minimum absolute atomic E-state index is 0.0257. The van der Waals surface area contributed by atoms with Crippen molar-refractivity contribution < 1.29 is 14.4 Å². The summed E-state index contributed by atoms with van der Waals surface area (Å²) in [5, 5.41) is 5.49. The number of carbonyl (C=O) groups excluding carboxylic acids is 3. The van der Waals surface area contributed by atoms with Crippen molar-refractivity contribution in [3.8, 4) is 0 Å². The quantitative estimate of drug-likeness (QED) is 0.632. The van der Waals surface area contributed by atoms with Crippen LogP contribution in [0.2, 0.25) is 0 Å². The molecule has 0 aliphatic carbocycles. The Kier molecular flexibility index (Phi) is 7.59. The zero-order valence-electron chi connectivity index (χ0n) is 15.6. The van der Waals surface area contributed by atoms with Crippen molar-refractivity contribution in [1.29, 1.82) is 0 Å². The number of hydrogen-bond donors (Lipinski definition) is 2. The molecule has 1 aromatic carbocycles. The minimum Gasteiger partial charge on any atom is -0.355 e. The Morgan fingerprint density at radius 1 is 1.23 bits per heavy atom. The van der Waals surface area contributed by atoms with Crippen LogP contribution in [0.5, 0.6) is 0 Å². The van der Waals surface area contributed by atoms with Crippen LogP contribution in [-0.4, -0.2) is 67.8 Å². The summed E-state index contributed by atoms with van der Waals surface area (Å²) in [5.41, 5.74) is 1.66. The molecule has 0 bridgehead atoms. The maximum absolute atomic E-state index is 12.0. The van der Waals surface area contributed by atoms with E-state index < -0.39 is 0 Å². The molecule has 0 aromatic heterocycles. The lowest BCUT2D eigenvalue weighted by Gasteiger charge is -2.18. The Labute approximate surface area is 154 Å². The number of likely N-dealkylation sites (tertiary alicyclic amines) is 1. The van der Waals surface area contributed by atoms with E-state index >= 15 is 0 Å². The van der Waals surface area contributed by atoms with Gasteiger partial charge < -0.3 is 15.5 Å². The van der Waals surface area contributed by atoms with E-state index in [4.69, 9.17) is 0 Å². The van der Waals surface area contributed by atoms with Gasteiger partial charge in [-0.25, -0.2) is 0 Å². The summed E-state index contributed by atoms with van der Waals surface area (Å²) in [6.45, 7) is 3.07. The van der Waals surface area contributed by atoms with Crippen LogP contribution in [0.15, 0.2) is 24.3 Å². The molecular weight excluding hydrogens is 332 g/mol. The van der Waals surface area contributed by atoms with E-state index in [-0.39, 0.29) is 17.7 Å². The molecule has 1 saturated heterocycles. The van der Waals surface area contributed by atoms with Crippen molar-refractivity contribution in [2.75, 3.05) is 40.3 Å². The molecule has 7 heteroatoms. The van der Waals surface area contributed by atoms with Crippen LogP contribution in [-0.2, 0) is 16.1 Å². The zero-order valence-corrected chi connectivity index (χ0v) is 15.6. The molecule has 1 fully saturated rings. The molecule has 0 radical (unpaired) electrons. The van der Waals surface area contributed by atoms with Gasteiger partial charge in [-0.05, 0) is 37.6 Å². The Hall–Kier alpha value is -2.41. The monoisotopic (exact) mass is 360 g/mol. The van der Waals surface area contributed by atoms with Crippen molar-refractivity contribution in [1.82, 2.24) is 20.4 Å². The highest BCUT2D eigenvalue weighted by molar-refractivity contribution is 5.93. The van der Waals surface area contributed by atoms with Crippen LogP contribution in [0.25, 0.3) is 0 Å². The van der Waals surface area contributed by atoms with Gasteiger partial charge in [-0.3, -0.25) is 19.3 Å². The summed E-state index contributed by atoms with van der Waals surface area (Å²) in [7, 11) is 3.49. The van der Waals surface area contributed by atoms with Gasteiger partial charge in [0.2, 0.25) is 11.8 Å². The Morgan fingerprint density at radius 2 is 1.96 bits per heavy atom. The van der Waals surface area contributed by atoms with E-state index in [1.807, 2.05) is 29.0 Å². The molecule has 2 rings (SSSR count). The predicted molar refractivity (Wildman–Crippen MR) is 99.6 cm³/mol. The molecule has 1 aromatic rings. The molecule has 0 saturated carbocycles. The number of nitrogens with zero attached hydrogens (tertiary/aromatic N) is 2. The second-order valence-corrected chi connectivity index (χ2v) is 6.64. The van der Waals surface area contributed by atoms with Gasteiger partial charge in [0.15, 0.2) is 0 Å². The lowest BCUT2D eigenvalue weighted by Crippen LogP contribution is -2.36. The second kappa shape index (κ2) is 9.91. The molecule has 2 N–H and O–H groups in total. The summed E-state index contributed by atoms with van der Waals surface area (Å²) in [4.78, 5) is 38.8. The maximum Gasteiger partial charge on any atom is 0.251 e. The number of likely N-dealkylation sites (N-methyl/N-ethyl adjacent to an activating group) is 1. The first kappa shape index (κ1) is 19.9. The number of nitrogens with one attached hydrogen (secondary N) is 2. The summed E-state index contributed by atoms with van der Waals surface area (Å²) in [6, 6.07) is 7.35. The highest BCUT2D eigenvalue weighted by atomic mass is 16.2. The van der Waals surface area contributed by atoms with E-state index in [0.717, 1.165) is 24.9 Å². The first-order chi connectivity index (χ1) is 12.5. The van der Waals surface area contributed by atoms with Crippen molar-refractivity contribution in [2.24, 2.45) is 0 Å². The molecular formula is C19H28N4O3. The van der Waals surface area contributed by atoms with Crippen LogP contribution >= 0.6 is 0 Å². The molecule has 1 aliphatic heterocycles. The Morgan fingerprint density at radius 3 is 2.58 bits per heavy atom. The van der Waals surface area contributed by atoms with Crippen LogP contribution in [0, 0.1) is 0 Å². The fraction of sp³-hybridized carbons (Fsp3) is 0.526. The average molecular weight is 360 g/mol. The standard InChI is InChI=1S/C19H28N4O3/c1-20-19(26)16-8-6-15(7-9-16)13-22(2)14-17(24)21-10-4-12-23-11-3-5-18(23)25/h6-9H,3-5,10-14H2,1-2H3,(H,20,26)(H,21,24). The van der Waals surface area contributed by atoms with Crippen molar-refractivity contribution >= 4 is 17.7 Å². The van der Waals surface area contributed by atoms with E-state index in [2.05, 4.69) is 10.6 Å². The molecule has 0 unspecified atom stereocenters. The molecule has 0 atom stereocenters. The highest BCUT2D eigenvalue weighted by Gasteiger charge is 2.19.